The number of aromatic nitrogens is 5. The van der Waals surface area contributed by atoms with E-state index in [-0.39, 0.29) is 18.0 Å². The Morgan fingerprint density at radius 3 is 2.43 bits per heavy atom. The van der Waals surface area contributed by atoms with Crippen molar-refractivity contribution in [3.05, 3.63) is 89.0 Å². The topological polar surface area (TPSA) is 98.6 Å². The molecule has 0 saturated heterocycles. The lowest BCUT2D eigenvalue weighted by Gasteiger charge is -2.08. The van der Waals surface area contributed by atoms with Crippen molar-refractivity contribution in [1.82, 2.24) is 24.9 Å². The second-order valence-electron chi connectivity index (χ2n) is 5.97. The monoisotopic (exact) mass is 389 g/mol. The maximum atomic E-state index is 12.9. The van der Waals surface area contributed by atoms with Gasteiger partial charge in [-0.05, 0) is 24.3 Å². The summed E-state index contributed by atoms with van der Waals surface area (Å²) in [5, 5.41) is 0.491. The van der Waals surface area contributed by atoms with Gasteiger partial charge < -0.3 is 0 Å². The van der Waals surface area contributed by atoms with Crippen molar-refractivity contribution in [2.24, 2.45) is 0 Å². The lowest BCUT2D eigenvalue weighted by molar-refractivity contribution is 0.0993. The number of Topliss-reactive ketones (excluding diaryl/α,β-unsaturated/α-hetero) is 1. The van der Waals surface area contributed by atoms with Gasteiger partial charge in [-0.3, -0.25) is 24.5 Å². The van der Waals surface area contributed by atoms with Crippen molar-refractivity contribution in [2.45, 2.75) is 6.42 Å². The van der Waals surface area contributed by atoms with Crippen LogP contribution in [0.15, 0.2) is 61.6 Å². The number of fused-ring (bicyclic) bond motifs is 1. The molecule has 1 aromatic carbocycles. The molecular formula is C20H12ClN5O2. The van der Waals surface area contributed by atoms with Crippen molar-refractivity contribution in [2.75, 3.05) is 0 Å². The number of carbonyl (C=O) groups excluding carboxylic acids is 2. The fraction of sp³-hybridized carbons (Fsp3) is 0.0500. The average molecular weight is 390 g/mol. The van der Waals surface area contributed by atoms with Crippen LogP contribution >= 0.6 is 11.6 Å². The first kappa shape index (κ1) is 17.8. The molecule has 0 radical (unpaired) electrons. The van der Waals surface area contributed by atoms with Crippen LogP contribution in [0, 0.1) is 0 Å². The van der Waals surface area contributed by atoms with Gasteiger partial charge in [-0.1, -0.05) is 11.6 Å². The molecule has 0 N–H and O–H groups in total. The Bertz CT molecular complexity index is 1180. The van der Waals surface area contributed by atoms with E-state index in [0.717, 1.165) is 0 Å². The number of carbonyl (C=O) groups is 2. The molecule has 0 bridgehead atoms. The summed E-state index contributed by atoms with van der Waals surface area (Å²) in [6, 6.07) is 6.49. The number of halogens is 1. The van der Waals surface area contributed by atoms with Crippen LogP contribution < -0.4 is 0 Å². The highest BCUT2D eigenvalue weighted by Crippen LogP contribution is 2.21. The summed E-state index contributed by atoms with van der Waals surface area (Å²) < 4.78 is 0. The Hall–Kier alpha value is -3.58. The number of ketones is 2. The summed E-state index contributed by atoms with van der Waals surface area (Å²) in [7, 11) is 0. The molecule has 8 heteroatoms. The summed E-state index contributed by atoms with van der Waals surface area (Å²) in [5.41, 5.74) is 2.40. The minimum absolute atomic E-state index is 0.0505. The molecule has 0 aliphatic carbocycles. The Balaban J connectivity index is 1.77. The van der Waals surface area contributed by atoms with Crippen LogP contribution in [0.3, 0.4) is 0 Å². The molecule has 0 spiro atoms. The molecule has 7 nitrogen and oxygen atoms in total. The third kappa shape index (κ3) is 3.60. The van der Waals surface area contributed by atoms with Crippen molar-refractivity contribution in [3.63, 3.8) is 0 Å². The van der Waals surface area contributed by atoms with Gasteiger partial charge in [-0.15, -0.1) is 0 Å². The van der Waals surface area contributed by atoms with Crippen LogP contribution in [0.25, 0.3) is 11.0 Å². The number of nitrogens with zero attached hydrogens (tertiary/aromatic N) is 5. The fourth-order valence-electron chi connectivity index (χ4n) is 2.77. The van der Waals surface area contributed by atoms with E-state index in [4.69, 9.17) is 11.6 Å². The highest BCUT2D eigenvalue weighted by atomic mass is 35.5. The molecule has 136 valence electrons. The summed E-state index contributed by atoms with van der Waals surface area (Å²) >= 11 is 5.84. The molecule has 28 heavy (non-hydrogen) atoms. The zero-order valence-corrected chi connectivity index (χ0v) is 15.2. The van der Waals surface area contributed by atoms with Crippen LogP contribution in [0.2, 0.25) is 5.02 Å². The zero-order chi connectivity index (χ0) is 19.5. The van der Waals surface area contributed by atoms with Gasteiger partial charge in [0.15, 0.2) is 11.6 Å². The maximum Gasteiger partial charge on any atom is 0.196 e. The minimum atomic E-state index is -0.299. The highest BCUT2D eigenvalue weighted by Gasteiger charge is 2.18. The predicted octanol–water partition coefficient (Wildman–Crippen LogP) is 3.12. The van der Waals surface area contributed by atoms with Gasteiger partial charge in [0.1, 0.15) is 6.33 Å². The largest absolute Gasteiger partial charge is 0.294 e. The molecule has 0 atom stereocenters. The molecule has 0 unspecified atom stereocenters. The molecule has 4 rings (SSSR count). The molecule has 0 aliphatic rings. The second-order valence-corrected chi connectivity index (χ2v) is 6.41. The highest BCUT2D eigenvalue weighted by molar-refractivity contribution is 6.30. The smallest absolute Gasteiger partial charge is 0.196 e. The molecule has 0 saturated carbocycles. The first-order valence-electron chi connectivity index (χ1n) is 8.30. The van der Waals surface area contributed by atoms with Crippen LogP contribution in [0.4, 0.5) is 0 Å². The number of hydrogen-bond acceptors (Lipinski definition) is 7. The average Bonchev–Trinajstić information content (AvgIpc) is 2.74. The number of rotatable bonds is 5. The van der Waals surface area contributed by atoms with Crippen molar-refractivity contribution >= 4 is 34.2 Å². The summed E-state index contributed by atoms with van der Waals surface area (Å²) in [5.74, 6) is -0.522. The van der Waals surface area contributed by atoms with Crippen molar-refractivity contribution in [1.29, 1.82) is 0 Å². The third-order valence-electron chi connectivity index (χ3n) is 4.09. The predicted molar refractivity (Wildman–Crippen MR) is 102 cm³/mol. The van der Waals surface area contributed by atoms with Gasteiger partial charge in [-0.25, -0.2) is 9.97 Å². The molecule has 3 heterocycles. The van der Waals surface area contributed by atoms with Gasteiger partial charge in [0.05, 0.1) is 28.0 Å². The van der Waals surface area contributed by atoms with E-state index in [0.29, 0.717) is 38.4 Å². The SMILES string of the molecule is O=C(c1cncnc1)c1cc(C(=O)Cc2ccc(Cl)cn2)c2nccnc2c1. The van der Waals surface area contributed by atoms with Crippen LogP contribution in [0.5, 0.6) is 0 Å². The van der Waals surface area contributed by atoms with Crippen LogP contribution in [-0.4, -0.2) is 36.5 Å². The van der Waals surface area contributed by atoms with Gasteiger partial charge in [0.2, 0.25) is 0 Å². The van der Waals surface area contributed by atoms with Crippen LogP contribution in [-0.2, 0) is 6.42 Å². The normalized spacial score (nSPS) is 10.8. The molecule has 0 aliphatic heterocycles. The quantitative estimate of drug-likeness (QED) is 0.483. The third-order valence-corrected chi connectivity index (χ3v) is 4.31. The summed E-state index contributed by atoms with van der Waals surface area (Å²) in [6.45, 7) is 0. The molecule has 4 aromatic rings. The van der Waals surface area contributed by atoms with E-state index in [1.165, 1.54) is 43.4 Å². The van der Waals surface area contributed by atoms with E-state index >= 15 is 0 Å². The van der Waals surface area contributed by atoms with Gasteiger partial charge >= 0.3 is 0 Å². The summed E-state index contributed by atoms with van der Waals surface area (Å²) in [4.78, 5) is 46.2. The van der Waals surface area contributed by atoms with Crippen LogP contribution in [0.1, 0.15) is 32.0 Å². The van der Waals surface area contributed by atoms with E-state index < -0.39 is 0 Å². The first-order valence-corrected chi connectivity index (χ1v) is 8.68. The van der Waals surface area contributed by atoms with Crippen molar-refractivity contribution in [3.8, 4) is 0 Å². The first-order chi connectivity index (χ1) is 13.6. The molecular weight excluding hydrogens is 378 g/mol. The Morgan fingerprint density at radius 1 is 0.893 bits per heavy atom. The zero-order valence-electron chi connectivity index (χ0n) is 14.4. The number of hydrogen-bond donors (Lipinski definition) is 0. The van der Waals surface area contributed by atoms with Gasteiger partial charge in [-0.2, -0.15) is 0 Å². The minimum Gasteiger partial charge on any atom is -0.294 e. The van der Waals surface area contributed by atoms with E-state index in [9.17, 15) is 9.59 Å². The Labute approximate surface area is 164 Å². The number of pyridine rings is 1. The summed E-state index contributed by atoms with van der Waals surface area (Å²) in [6.07, 6.45) is 8.75. The fourth-order valence-corrected chi connectivity index (χ4v) is 2.88. The Morgan fingerprint density at radius 2 is 1.68 bits per heavy atom. The van der Waals surface area contributed by atoms with E-state index in [1.807, 2.05) is 0 Å². The second kappa shape index (κ2) is 7.58. The maximum absolute atomic E-state index is 12.9. The molecule has 0 fully saturated rings. The van der Waals surface area contributed by atoms with Gasteiger partial charge in [0.25, 0.3) is 0 Å². The van der Waals surface area contributed by atoms with Crippen molar-refractivity contribution < 1.29 is 9.59 Å². The molecule has 3 aromatic heterocycles. The van der Waals surface area contributed by atoms with E-state index in [1.54, 1.807) is 18.2 Å². The lowest BCUT2D eigenvalue weighted by Crippen LogP contribution is -2.10. The lowest BCUT2D eigenvalue weighted by atomic mass is 9.97. The standard InChI is InChI=1S/C20H12ClN5O2/c21-14-1-2-15(26-10-14)7-18(27)16-5-12(6-17-19(16)25-4-3-24-17)20(28)13-8-22-11-23-9-13/h1-6,8-11H,7H2. The van der Waals surface area contributed by atoms with Gasteiger partial charge in [0, 0.05) is 47.8 Å². The van der Waals surface area contributed by atoms with E-state index in [2.05, 4.69) is 24.9 Å². The molecule has 0 amide bonds. The Kier molecular flexibility index (Phi) is 4.82. The number of benzene rings is 1.